The van der Waals surface area contributed by atoms with E-state index in [9.17, 15) is 9.59 Å². The maximum absolute atomic E-state index is 13.5. The number of amides is 2. The fraction of sp³-hybridized carbons (Fsp3) is 0.167. The van der Waals surface area contributed by atoms with Crippen LogP contribution in [0.1, 0.15) is 11.6 Å². The van der Waals surface area contributed by atoms with Gasteiger partial charge < -0.3 is 0 Å². The van der Waals surface area contributed by atoms with Crippen molar-refractivity contribution in [3.63, 3.8) is 0 Å². The van der Waals surface area contributed by atoms with Crippen molar-refractivity contribution in [3.05, 3.63) is 90.5 Å². The molecule has 0 saturated carbocycles. The van der Waals surface area contributed by atoms with E-state index in [-0.39, 0.29) is 11.8 Å². The van der Waals surface area contributed by atoms with Gasteiger partial charge in [-0.2, -0.15) is 0 Å². The monoisotopic (exact) mass is 416 g/mol. The SMILES string of the molecule is CSc1ccc([C@@H]2[C@H]3C(=O)N(c4ccccc4)C(=O)[C@@H]3ON2c2ccccc2)cc1. The summed E-state index contributed by atoms with van der Waals surface area (Å²) in [6.45, 7) is 0. The Labute approximate surface area is 179 Å². The van der Waals surface area contributed by atoms with Gasteiger partial charge in [-0.25, -0.2) is 9.96 Å². The normalized spacial score (nSPS) is 23.2. The summed E-state index contributed by atoms with van der Waals surface area (Å²) in [5.74, 6) is -1.16. The van der Waals surface area contributed by atoms with Crippen LogP contribution >= 0.6 is 11.8 Å². The largest absolute Gasteiger partial charge is 0.273 e. The number of carbonyl (C=O) groups excluding carboxylic acids is 2. The molecule has 2 heterocycles. The van der Waals surface area contributed by atoms with Crippen molar-refractivity contribution in [3.8, 4) is 0 Å². The standard InChI is InChI=1S/C24H20N2O3S/c1-30-19-14-12-16(13-15-19)21-20-22(29-26(21)18-10-6-3-7-11-18)24(28)25(23(20)27)17-8-4-2-5-9-17/h2-15,20-22H,1H3/t20-,21-,22-/m1/s1. The zero-order chi connectivity index (χ0) is 20.7. The van der Waals surface area contributed by atoms with E-state index in [4.69, 9.17) is 4.84 Å². The van der Waals surface area contributed by atoms with E-state index < -0.39 is 18.1 Å². The van der Waals surface area contributed by atoms with Crippen molar-refractivity contribution in [1.29, 1.82) is 0 Å². The minimum atomic E-state index is -0.844. The van der Waals surface area contributed by atoms with Crippen molar-refractivity contribution in [2.24, 2.45) is 5.92 Å². The number of fused-ring (bicyclic) bond motifs is 1. The Bertz CT molecular complexity index is 1070. The Morgan fingerprint density at radius 1 is 0.767 bits per heavy atom. The van der Waals surface area contributed by atoms with Crippen LogP contribution in [0.25, 0.3) is 0 Å². The second kappa shape index (κ2) is 7.63. The van der Waals surface area contributed by atoms with Crippen LogP contribution in [-0.2, 0) is 14.4 Å². The molecule has 0 N–H and O–H groups in total. The molecule has 2 fully saturated rings. The Kier molecular flexibility index (Phi) is 4.81. The van der Waals surface area contributed by atoms with E-state index in [0.29, 0.717) is 5.69 Å². The summed E-state index contributed by atoms with van der Waals surface area (Å²) in [4.78, 5) is 35.2. The van der Waals surface area contributed by atoms with Gasteiger partial charge in [0.25, 0.3) is 5.91 Å². The number of para-hydroxylation sites is 2. The van der Waals surface area contributed by atoms with E-state index in [1.54, 1.807) is 29.0 Å². The van der Waals surface area contributed by atoms with Gasteiger partial charge in [0.1, 0.15) is 5.92 Å². The molecular weight excluding hydrogens is 396 g/mol. The average Bonchev–Trinajstić information content (AvgIpc) is 3.31. The van der Waals surface area contributed by atoms with Gasteiger partial charge in [0.05, 0.1) is 17.4 Å². The van der Waals surface area contributed by atoms with Crippen molar-refractivity contribution >= 4 is 35.0 Å². The molecule has 0 spiro atoms. The number of hydrogen-bond donors (Lipinski definition) is 0. The van der Waals surface area contributed by atoms with Crippen molar-refractivity contribution < 1.29 is 14.4 Å². The molecule has 2 saturated heterocycles. The maximum atomic E-state index is 13.5. The summed E-state index contributed by atoms with van der Waals surface area (Å²) in [6.07, 6.45) is 1.18. The van der Waals surface area contributed by atoms with Crippen molar-refractivity contribution in [2.45, 2.75) is 17.0 Å². The van der Waals surface area contributed by atoms with Crippen LogP contribution in [0.15, 0.2) is 89.8 Å². The summed E-state index contributed by atoms with van der Waals surface area (Å²) >= 11 is 1.66. The molecule has 0 aliphatic carbocycles. The van der Waals surface area contributed by atoms with E-state index in [2.05, 4.69) is 0 Å². The minimum Gasteiger partial charge on any atom is -0.273 e. The van der Waals surface area contributed by atoms with E-state index in [1.807, 2.05) is 79.1 Å². The molecule has 0 bridgehead atoms. The average molecular weight is 417 g/mol. The molecule has 2 aliphatic heterocycles. The lowest BCUT2D eigenvalue weighted by Crippen LogP contribution is -2.37. The number of thioether (sulfide) groups is 1. The van der Waals surface area contributed by atoms with Crippen LogP contribution in [0.3, 0.4) is 0 Å². The van der Waals surface area contributed by atoms with Gasteiger partial charge in [0, 0.05) is 4.90 Å². The molecule has 5 rings (SSSR count). The second-order valence-corrected chi connectivity index (χ2v) is 8.16. The van der Waals surface area contributed by atoms with Crippen molar-refractivity contribution in [1.82, 2.24) is 0 Å². The summed E-state index contributed by atoms with van der Waals surface area (Å²) in [5, 5.41) is 1.72. The van der Waals surface area contributed by atoms with E-state index in [1.165, 1.54) is 4.90 Å². The highest BCUT2D eigenvalue weighted by Gasteiger charge is 2.60. The third kappa shape index (κ3) is 3.00. The van der Waals surface area contributed by atoms with Gasteiger partial charge in [0.15, 0.2) is 6.10 Å². The third-order valence-corrected chi connectivity index (χ3v) is 6.34. The molecule has 5 nitrogen and oxygen atoms in total. The Morgan fingerprint density at radius 2 is 1.37 bits per heavy atom. The number of hydroxylamine groups is 1. The van der Waals surface area contributed by atoms with Crippen molar-refractivity contribution in [2.75, 3.05) is 16.2 Å². The van der Waals surface area contributed by atoms with Crippen LogP contribution in [0.4, 0.5) is 11.4 Å². The topological polar surface area (TPSA) is 49.9 Å². The highest BCUT2D eigenvalue weighted by atomic mass is 32.2. The zero-order valence-corrected chi connectivity index (χ0v) is 17.2. The number of hydrogen-bond acceptors (Lipinski definition) is 5. The molecule has 3 aromatic carbocycles. The van der Waals surface area contributed by atoms with Gasteiger partial charge >= 0.3 is 0 Å². The van der Waals surface area contributed by atoms with Crippen LogP contribution in [0.2, 0.25) is 0 Å². The number of rotatable bonds is 4. The Balaban J connectivity index is 1.58. The number of imide groups is 1. The quantitative estimate of drug-likeness (QED) is 0.464. The summed E-state index contributed by atoms with van der Waals surface area (Å²) in [6, 6.07) is 26.4. The van der Waals surface area contributed by atoms with Gasteiger partial charge in [-0.15, -0.1) is 11.8 Å². The first-order valence-electron chi connectivity index (χ1n) is 9.77. The number of nitrogens with zero attached hydrogens (tertiary/aromatic N) is 2. The molecule has 6 heteroatoms. The highest BCUT2D eigenvalue weighted by Crippen LogP contribution is 2.47. The van der Waals surface area contributed by atoms with E-state index in [0.717, 1.165) is 16.1 Å². The molecule has 2 amide bonds. The third-order valence-electron chi connectivity index (χ3n) is 5.60. The fourth-order valence-electron chi connectivity index (χ4n) is 4.18. The summed E-state index contributed by atoms with van der Waals surface area (Å²) in [7, 11) is 0. The molecule has 150 valence electrons. The predicted molar refractivity (Wildman–Crippen MR) is 117 cm³/mol. The number of anilines is 2. The number of benzene rings is 3. The van der Waals surface area contributed by atoms with Crippen LogP contribution in [0, 0.1) is 5.92 Å². The summed E-state index contributed by atoms with van der Waals surface area (Å²) in [5.41, 5.74) is 2.34. The molecule has 0 radical (unpaired) electrons. The molecule has 3 atom stereocenters. The summed E-state index contributed by atoms with van der Waals surface area (Å²) < 4.78 is 0. The number of carbonyl (C=O) groups is 2. The van der Waals surface area contributed by atoms with E-state index >= 15 is 0 Å². The molecule has 3 aromatic rings. The second-order valence-electron chi connectivity index (χ2n) is 7.28. The molecule has 30 heavy (non-hydrogen) atoms. The maximum Gasteiger partial charge on any atom is 0.266 e. The predicted octanol–water partition coefficient (Wildman–Crippen LogP) is 4.46. The van der Waals surface area contributed by atoms with Crippen LogP contribution in [0.5, 0.6) is 0 Å². The Morgan fingerprint density at radius 3 is 1.97 bits per heavy atom. The van der Waals surface area contributed by atoms with Crippen LogP contribution in [-0.4, -0.2) is 24.2 Å². The lowest BCUT2D eigenvalue weighted by Gasteiger charge is -2.28. The van der Waals surface area contributed by atoms with Gasteiger partial charge in [-0.05, 0) is 48.2 Å². The minimum absolute atomic E-state index is 0.228. The lowest BCUT2D eigenvalue weighted by molar-refractivity contribution is -0.126. The fourth-order valence-corrected chi connectivity index (χ4v) is 4.59. The van der Waals surface area contributed by atoms with Gasteiger partial charge in [-0.1, -0.05) is 48.5 Å². The zero-order valence-electron chi connectivity index (χ0n) is 16.3. The molecular formula is C24H20N2O3S. The highest BCUT2D eigenvalue weighted by molar-refractivity contribution is 7.98. The van der Waals surface area contributed by atoms with Gasteiger partial charge in [-0.3, -0.25) is 14.4 Å². The Hall–Kier alpha value is -3.09. The smallest absolute Gasteiger partial charge is 0.266 e. The first kappa shape index (κ1) is 18.9. The first-order valence-corrected chi connectivity index (χ1v) is 11.0. The van der Waals surface area contributed by atoms with Crippen LogP contribution < -0.4 is 9.96 Å². The molecule has 0 aromatic heterocycles. The first-order chi connectivity index (χ1) is 14.7. The van der Waals surface area contributed by atoms with Gasteiger partial charge in [0.2, 0.25) is 5.91 Å². The molecule has 0 unspecified atom stereocenters. The lowest BCUT2D eigenvalue weighted by atomic mass is 9.90. The molecule has 2 aliphatic rings.